The van der Waals surface area contributed by atoms with Crippen LogP contribution in [0.1, 0.15) is 34.9 Å². The van der Waals surface area contributed by atoms with E-state index in [1.54, 1.807) is 0 Å². The molecular formula is C23H28N6S. The van der Waals surface area contributed by atoms with E-state index in [0.29, 0.717) is 28.5 Å². The van der Waals surface area contributed by atoms with Crippen LogP contribution in [-0.2, 0) is 0 Å². The number of hydrogen-bond donors (Lipinski definition) is 3. The number of rotatable bonds is 4. The Balaban J connectivity index is 1.59. The van der Waals surface area contributed by atoms with Gasteiger partial charge in [0.15, 0.2) is 0 Å². The average molecular weight is 421 g/mol. The highest BCUT2D eigenvalue weighted by atomic mass is 32.1. The molecule has 2 atom stereocenters. The Hall–Kier alpha value is -2.77. The molecule has 3 heterocycles. The van der Waals surface area contributed by atoms with Gasteiger partial charge in [-0.3, -0.25) is 5.41 Å². The van der Waals surface area contributed by atoms with Crippen molar-refractivity contribution in [3.05, 3.63) is 57.5 Å². The van der Waals surface area contributed by atoms with Crippen LogP contribution < -0.4 is 16.0 Å². The van der Waals surface area contributed by atoms with Crippen molar-refractivity contribution in [1.29, 1.82) is 5.41 Å². The first-order chi connectivity index (χ1) is 14.3. The molecule has 0 saturated carbocycles. The summed E-state index contributed by atoms with van der Waals surface area (Å²) in [5, 5.41) is 12.9. The summed E-state index contributed by atoms with van der Waals surface area (Å²) < 4.78 is 0. The standard InChI is InChI=1S/C23H28N6S/c1-13-6-5-7-18(20(13)24)21(25)23-28-22(16(4)30-23)17-8-9-19(26-10-17)29-11-14(2)27-15(3)12-29/h5-10,14-15,25,27H,11-12,24H2,1-4H3. The molecule has 0 bridgehead atoms. The molecule has 1 saturated heterocycles. The van der Waals surface area contributed by atoms with Crippen molar-refractivity contribution in [2.24, 2.45) is 0 Å². The van der Waals surface area contributed by atoms with Crippen molar-refractivity contribution >= 4 is 28.6 Å². The molecule has 7 heteroatoms. The summed E-state index contributed by atoms with van der Waals surface area (Å²) >= 11 is 1.52. The number of aryl methyl sites for hydroxylation is 2. The molecule has 1 aliphatic rings. The number of nitrogens with one attached hydrogen (secondary N) is 2. The van der Waals surface area contributed by atoms with Crippen molar-refractivity contribution in [3.63, 3.8) is 0 Å². The van der Waals surface area contributed by atoms with Gasteiger partial charge in [0, 0.05) is 53.1 Å². The zero-order valence-electron chi connectivity index (χ0n) is 17.9. The fraction of sp³-hybridized carbons (Fsp3) is 0.348. The van der Waals surface area contributed by atoms with Gasteiger partial charge in [0.2, 0.25) is 0 Å². The van der Waals surface area contributed by atoms with E-state index < -0.39 is 0 Å². The third kappa shape index (κ3) is 3.95. The summed E-state index contributed by atoms with van der Waals surface area (Å²) in [6, 6.07) is 10.8. The minimum atomic E-state index is 0.365. The Labute approximate surface area is 181 Å². The number of benzene rings is 1. The van der Waals surface area contributed by atoms with Gasteiger partial charge >= 0.3 is 0 Å². The van der Waals surface area contributed by atoms with E-state index in [1.807, 2.05) is 38.2 Å². The van der Waals surface area contributed by atoms with Gasteiger partial charge in [-0.25, -0.2) is 9.97 Å². The van der Waals surface area contributed by atoms with E-state index in [4.69, 9.17) is 21.1 Å². The summed E-state index contributed by atoms with van der Waals surface area (Å²) in [6.07, 6.45) is 1.89. The smallest absolute Gasteiger partial charge is 0.142 e. The third-order valence-corrected chi connectivity index (χ3v) is 6.50. The molecule has 0 aliphatic carbocycles. The van der Waals surface area contributed by atoms with Crippen LogP contribution in [-0.4, -0.2) is 40.9 Å². The van der Waals surface area contributed by atoms with Crippen molar-refractivity contribution in [2.75, 3.05) is 23.7 Å². The number of nitrogens with zero attached hydrogens (tertiary/aromatic N) is 3. The number of pyridine rings is 1. The molecule has 4 rings (SSSR count). The number of anilines is 2. The summed E-state index contributed by atoms with van der Waals surface area (Å²) in [5.74, 6) is 0.993. The highest BCUT2D eigenvalue weighted by molar-refractivity contribution is 7.14. The summed E-state index contributed by atoms with van der Waals surface area (Å²) in [5.41, 5.74) is 10.8. The molecule has 1 aromatic carbocycles. The number of thiazole rings is 1. The number of hydrogen-bond acceptors (Lipinski definition) is 7. The van der Waals surface area contributed by atoms with E-state index in [0.717, 1.165) is 46.2 Å². The second-order valence-corrected chi connectivity index (χ2v) is 9.32. The molecular weight excluding hydrogens is 392 g/mol. The highest BCUT2D eigenvalue weighted by Crippen LogP contribution is 2.30. The maximum atomic E-state index is 8.63. The van der Waals surface area contributed by atoms with Gasteiger partial charge in [-0.1, -0.05) is 18.2 Å². The van der Waals surface area contributed by atoms with E-state index in [2.05, 4.69) is 36.2 Å². The van der Waals surface area contributed by atoms with Gasteiger partial charge in [-0.15, -0.1) is 11.3 Å². The summed E-state index contributed by atoms with van der Waals surface area (Å²) in [7, 11) is 0. The van der Waals surface area contributed by atoms with Crippen LogP contribution in [0.3, 0.4) is 0 Å². The summed E-state index contributed by atoms with van der Waals surface area (Å²) in [6.45, 7) is 10.3. The fourth-order valence-corrected chi connectivity index (χ4v) is 4.91. The SMILES string of the molecule is Cc1cccc(C(=N)c2nc(-c3ccc(N4CC(C)NC(C)C4)nc3)c(C)s2)c1N. The zero-order chi connectivity index (χ0) is 21.4. The third-order valence-electron chi connectivity index (χ3n) is 5.51. The monoisotopic (exact) mass is 420 g/mol. The normalized spacial score (nSPS) is 19.1. The number of nitrogen functional groups attached to an aromatic ring is 1. The Bertz CT molecular complexity index is 1060. The summed E-state index contributed by atoms with van der Waals surface area (Å²) in [4.78, 5) is 12.9. The lowest BCUT2D eigenvalue weighted by atomic mass is 10.0. The molecule has 2 aromatic heterocycles. The molecule has 2 unspecified atom stereocenters. The first kappa shape index (κ1) is 20.5. The van der Waals surface area contributed by atoms with Crippen LogP contribution in [0.2, 0.25) is 0 Å². The first-order valence-electron chi connectivity index (χ1n) is 10.2. The fourth-order valence-electron chi connectivity index (χ4n) is 4.01. The van der Waals surface area contributed by atoms with Crippen LogP contribution >= 0.6 is 11.3 Å². The van der Waals surface area contributed by atoms with Gasteiger partial charge in [0.25, 0.3) is 0 Å². The Kier molecular flexibility index (Phi) is 5.58. The van der Waals surface area contributed by atoms with Crippen LogP contribution in [0.5, 0.6) is 0 Å². The van der Waals surface area contributed by atoms with Crippen LogP contribution in [0.4, 0.5) is 11.5 Å². The van der Waals surface area contributed by atoms with Gasteiger partial charge in [0.05, 0.1) is 11.4 Å². The molecule has 3 aromatic rings. The molecule has 30 heavy (non-hydrogen) atoms. The topological polar surface area (TPSA) is 90.9 Å². The van der Waals surface area contributed by atoms with Crippen LogP contribution in [0.25, 0.3) is 11.3 Å². The molecule has 156 valence electrons. The minimum absolute atomic E-state index is 0.365. The van der Waals surface area contributed by atoms with Crippen molar-refractivity contribution in [1.82, 2.24) is 15.3 Å². The van der Waals surface area contributed by atoms with Gasteiger partial charge in [0.1, 0.15) is 10.8 Å². The zero-order valence-corrected chi connectivity index (χ0v) is 18.7. The van der Waals surface area contributed by atoms with Gasteiger partial charge < -0.3 is 16.0 Å². The number of nitrogens with two attached hydrogens (primary N) is 1. The largest absolute Gasteiger partial charge is 0.398 e. The molecule has 0 radical (unpaired) electrons. The van der Waals surface area contributed by atoms with E-state index in [-0.39, 0.29) is 0 Å². The van der Waals surface area contributed by atoms with Crippen molar-refractivity contribution in [2.45, 2.75) is 39.8 Å². The van der Waals surface area contributed by atoms with E-state index >= 15 is 0 Å². The first-order valence-corrected chi connectivity index (χ1v) is 11.0. The number of aromatic nitrogens is 2. The minimum Gasteiger partial charge on any atom is -0.398 e. The van der Waals surface area contributed by atoms with Crippen LogP contribution in [0, 0.1) is 19.3 Å². The number of para-hydroxylation sites is 1. The second-order valence-electron chi connectivity index (χ2n) is 8.11. The van der Waals surface area contributed by atoms with E-state index in [9.17, 15) is 0 Å². The maximum Gasteiger partial charge on any atom is 0.142 e. The predicted molar refractivity (Wildman–Crippen MR) is 126 cm³/mol. The number of piperazine rings is 1. The Morgan fingerprint density at radius 2 is 1.90 bits per heavy atom. The highest BCUT2D eigenvalue weighted by Gasteiger charge is 2.22. The average Bonchev–Trinajstić information content (AvgIpc) is 3.10. The van der Waals surface area contributed by atoms with Crippen molar-refractivity contribution in [3.8, 4) is 11.3 Å². The lowest BCUT2D eigenvalue weighted by molar-refractivity contribution is 0.405. The van der Waals surface area contributed by atoms with Crippen LogP contribution in [0.15, 0.2) is 36.5 Å². The van der Waals surface area contributed by atoms with Crippen molar-refractivity contribution < 1.29 is 0 Å². The van der Waals surface area contributed by atoms with E-state index in [1.165, 1.54) is 11.3 Å². The molecule has 1 aliphatic heterocycles. The molecule has 4 N–H and O–H groups in total. The van der Waals surface area contributed by atoms with Gasteiger partial charge in [-0.2, -0.15) is 0 Å². The predicted octanol–water partition coefficient (Wildman–Crippen LogP) is 4.01. The van der Waals surface area contributed by atoms with Gasteiger partial charge in [-0.05, 0) is 45.4 Å². The lowest BCUT2D eigenvalue weighted by Gasteiger charge is -2.36. The molecule has 0 amide bonds. The Morgan fingerprint density at radius 1 is 1.17 bits per heavy atom. The molecule has 0 spiro atoms. The second kappa shape index (κ2) is 8.16. The molecule has 1 fully saturated rings. The maximum absolute atomic E-state index is 8.63. The molecule has 6 nitrogen and oxygen atoms in total. The quantitative estimate of drug-likeness (QED) is 0.438. The lowest BCUT2D eigenvalue weighted by Crippen LogP contribution is -2.54. The Morgan fingerprint density at radius 3 is 2.57 bits per heavy atom.